The van der Waals surface area contributed by atoms with Crippen LogP contribution in [0.5, 0.6) is 0 Å². The number of rotatable bonds is 2. The Hall–Kier alpha value is -1.35. The first-order chi connectivity index (χ1) is 9.18. The molecule has 0 aliphatic carbocycles. The number of nitrogens with two attached hydrogens (primary N) is 1. The number of thiophene rings is 1. The Balaban J connectivity index is 2.13. The molecular weight excluding hydrogens is 274 g/mol. The molecule has 2 aromatic carbocycles. The summed E-state index contributed by atoms with van der Waals surface area (Å²) in [6, 6.07) is 14.1. The van der Waals surface area contributed by atoms with Gasteiger partial charge in [-0.15, -0.1) is 11.3 Å². The number of hydrogen-bond donors (Lipinski definition) is 1. The number of halogens is 1. The average molecular weight is 288 g/mol. The van der Waals surface area contributed by atoms with Crippen molar-refractivity contribution in [1.82, 2.24) is 0 Å². The maximum atomic E-state index is 6.44. The lowest BCUT2D eigenvalue weighted by atomic mass is 9.95. The summed E-state index contributed by atoms with van der Waals surface area (Å²) in [5, 5.41) is 4.15. The number of fused-ring (bicyclic) bond motifs is 1. The van der Waals surface area contributed by atoms with E-state index in [0.717, 1.165) is 16.1 Å². The molecule has 3 heteroatoms. The Labute approximate surface area is 121 Å². The van der Waals surface area contributed by atoms with Crippen LogP contribution in [-0.4, -0.2) is 0 Å². The van der Waals surface area contributed by atoms with Gasteiger partial charge in [-0.3, -0.25) is 0 Å². The smallest absolute Gasteiger partial charge is 0.0569 e. The predicted octanol–water partition coefficient (Wildman–Crippen LogP) is 4.91. The molecule has 3 aromatic rings. The van der Waals surface area contributed by atoms with Gasteiger partial charge in [-0.05, 0) is 46.5 Å². The Morgan fingerprint density at radius 2 is 1.84 bits per heavy atom. The molecule has 0 spiro atoms. The van der Waals surface area contributed by atoms with Crippen LogP contribution in [0.4, 0.5) is 0 Å². The van der Waals surface area contributed by atoms with Crippen molar-refractivity contribution in [2.24, 2.45) is 5.73 Å². The Kier molecular flexibility index (Phi) is 3.31. The Bertz CT molecular complexity index is 732. The zero-order valence-electron chi connectivity index (χ0n) is 10.6. The van der Waals surface area contributed by atoms with Gasteiger partial charge in [0.05, 0.1) is 6.04 Å². The summed E-state index contributed by atoms with van der Waals surface area (Å²) < 4.78 is 1.27. The van der Waals surface area contributed by atoms with E-state index in [1.54, 1.807) is 11.3 Å². The third-order valence-corrected chi connectivity index (χ3v) is 4.88. The molecule has 1 heterocycles. The van der Waals surface area contributed by atoms with Crippen LogP contribution in [0, 0.1) is 6.92 Å². The van der Waals surface area contributed by atoms with Crippen molar-refractivity contribution in [2.75, 3.05) is 0 Å². The van der Waals surface area contributed by atoms with E-state index >= 15 is 0 Å². The normalized spacial score (nSPS) is 12.8. The van der Waals surface area contributed by atoms with Crippen LogP contribution in [0.1, 0.15) is 22.7 Å². The zero-order chi connectivity index (χ0) is 13.4. The molecule has 0 radical (unpaired) electrons. The molecule has 0 aliphatic rings. The van der Waals surface area contributed by atoms with E-state index in [9.17, 15) is 0 Å². The Morgan fingerprint density at radius 3 is 2.68 bits per heavy atom. The summed E-state index contributed by atoms with van der Waals surface area (Å²) in [7, 11) is 0. The van der Waals surface area contributed by atoms with E-state index in [1.807, 2.05) is 19.1 Å². The van der Waals surface area contributed by atoms with Crippen LogP contribution < -0.4 is 5.73 Å². The summed E-state index contributed by atoms with van der Waals surface area (Å²) in [4.78, 5) is 0. The Morgan fingerprint density at radius 1 is 1.05 bits per heavy atom. The molecule has 0 fully saturated rings. The van der Waals surface area contributed by atoms with E-state index in [2.05, 4.69) is 35.7 Å². The van der Waals surface area contributed by atoms with Gasteiger partial charge in [-0.2, -0.15) is 0 Å². The van der Waals surface area contributed by atoms with Crippen molar-refractivity contribution in [3.63, 3.8) is 0 Å². The summed E-state index contributed by atoms with van der Waals surface area (Å²) in [5.74, 6) is 0. The molecule has 0 amide bonds. The molecular formula is C16H14ClNS. The van der Waals surface area contributed by atoms with Gasteiger partial charge in [0, 0.05) is 9.72 Å². The van der Waals surface area contributed by atoms with Crippen molar-refractivity contribution in [3.8, 4) is 0 Å². The summed E-state index contributed by atoms with van der Waals surface area (Å²) in [5.41, 5.74) is 9.77. The average Bonchev–Trinajstić information content (AvgIpc) is 2.85. The fourth-order valence-electron chi connectivity index (χ4n) is 2.37. The largest absolute Gasteiger partial charge is 0.320 e. The van der Waals surface area contributed by atoms with Crippen molar-refractivity contribution in [1.29, 1.82) is 0 Å². The number of hydrogen-bond acceptors (Lipinski definition) is 2. The quantitative estimate of drug-likeness (QED) is 0.712. The highest BCUT2D eigenvalue weighted by molar-refractivity contribution is 7.17. The van der Waals surface area contributed by atoms with Crippen LogP contribution in [0.3, 0.4) is 0 Å². The second kappa shape index (κ2) is 4.97. The van der Waals surface area contributed by atoms with Crippen LogP contribution >= 0.6 is 22.9 Å². The van der Waals surface area contributed by atoms with E-state index in [1.165, 1.54) is 15.6 Å². The van der Waals surface area contributed by atoms with Gasteiger partial charge in [-0.1, -0.05) is 41.9 Å². The molecule has 0 aliphatic heterocycles. The zero-order valence-corrected chi connectivity index (χ0v) is 12.1. The van der Waals surface area contributed by atoms with Crippen molar-refractivity contribution < 1.29 is 0 Å². The fourth-order valence-corrected chi connectivity index (χ4v) is 3.55. The molecule has 3 rings (SSSR count). The molecule has 1 aromatic heterocycles. The highest BCUT2D eigenvalue weighted by Crippen LogP contribution is 2.34. The van der Waals surface area contributed by atoms with Crippen LogP contribution in [-0.2, 0) is 0 Å². The molecule has 0 bridgehead atoms. The highest BCUT2D eigenvalue weighted by Gasteiger charge is 2.16. The van der Waals surface area contributed by atoms with Crippen molar-refractivity contribution in [3.05, 3.63) is 69.6 Å². The molecule has 0 saturated heterocycles. The first-order valence-corrected chi connectivity index (χ1v) is 7.41. The first-order valence-electron chi connectivity index (χ1n) is 6.15. The second-order valence-corrected chi connectivity index (χ2v) is 5.94. The highest BCUT2D eigenvalue weighted by atomic mass is 35.5. The third-order valence-electron chi connectivity index (χ3n) is 3.49. The first kappa shape index (κ1) is 12.7. The summed E-state index contributed by atoms with van der Waals surface area (Å²) >= 11 is 7.92. The predicted molar refractivity (Wildman–Crippen MR) is 84.0 cm³/mol. The minimum Gasteiger partial charge on any atom is -0.320 e. The lowest BCUT2D eigenvalue weighted by Gasteiger charge is -2.15. The maximum absolute atomic E-state index is 6.44. The fraction of sp³-hybridized carbons (Fsp3) is 0.125. The van der Waals surface area contributed by atoms with Gasteiger partial charge < -0.3 is 5.73 Å². The minimum absolute atomic E-state index is 0.130. The van der Waals surface area contributed by atoms with Gasteiger partial charge >= 0.3 is 0 Å². The molecule has 1 unspecified atom stereocenters. The van der Waals surface area contributed by atoms with E-state index < -0.39 is 0 Å². The van der Waals surface area contributed by atoms with Crippen LogP contribution in [0.15, 0.2) is 47.8 Å². The SMILES string of the molecule is Cc1c(Cl)cccc1C(N)c1csc2ccccc12. The minimum atomic E-state index is -0.130. The van der Waals surface area contributed by atoms with Gasteiger partial charge in [0.2, 0.25) is 0 Å². The van der Waals surface area contributed by atoms with Crippen molar-refractivity contribution in [2.45, 2.75) is 13.0 Å². The maximum Gasteiger partial charge on any atom is 0.0569 e. The molecule has 1 nitrogen and oxygen atoms in total. The van der Waals surface area contributed by atoms with Gasteiger partial charge in [0.1, 0.15) is 0 Å². The summed E-state index contributed by atoms with van der Waals surface area (Å²) in [6.07, 6.45) is 0. The molecule has 96 valence electrons. The monoisotopic (exact) mass is 287 g/mol. The lowest BCUT2D eigenvalue weighted by Crippen LogP contribution is -2.12. The van der Waals surface area contributed by atoms with Crippen LogP contribution in [0.2, 0.25) is 5.02 Å². The van der Waals surface area contributed by atoms with E-state index in [4.69, 9.17) is 17.3 Å². The molecule has 19 heavy (non-hydrogen) atoms. The molecule has 0 saturated carbocycles. The summed E-state index contributed by atoms with van der Waals surface area (Å²) in [6.45, 7) is 2.02. The van der Waals surface area contributed by atoms with Gasteiger partial charge in [-0.25, -0.2) is 0 Å². The van der Waals surface area contributed by atoms with Crippen LogP contribution in [0.25, 0.3) is 10.1 Å². The molecule has 2 N–H and O–H groups in total. The van der Waals surface area contributed by atoms with Gasteiger partial charge in [0.15, 0.2) is 0 Å². The van der Waals surface area contributed by atoms with E-state index in [-0.39, 0.29) is 6.04 Å². The van der Waals surface area contributed by atoms with Crippen molar-refractivity contribution >= 4 is 33.0 Å². The molecule has 1 atom stereocenters. The van der Waals surface area contributed by atoms with Gasteiger partial charge in [0.25, 0.3) is 0 Å². The van der Waals surface area contributed by atoms with E-state index in [0.29, 0.717) is 0 Å². The lowest BCUT2D eigenvalue weighted by molar-refractivity contribution is 0.874. The topological polar surface area (TPSA) is 26.0 Å². The number of benzene rings is 2. The second-order valence-electron chi connectivity index (χ2n) is 4.62. The third kappa shape index (κ3) is 2.16. The standard InChI is InChI=1S/C16H14ClNS/c1-10-11(6-4-7-14(10)17)16(18)13-9-19-15-8-3-2-5-12(13)15/h2-9,16H,18H2,1H3.